The first kappa shape index (κ1) is 15.2. The Bertz CT molecular complexity index is 564. The topological polar surface area (TPSA) is 40.5 Å². The van der Waals surface area contributed by atoms with E-state index in [2.05, 4.69) is 29.2 Å². The molecule has 2 saturated carbocycles. The van der Waals surface area contributed by atoms with Crippen molar-refractivity contribution in [3.8, 4) is 0 Å². The summed E-state index contributed by atoms with van der Waals surface area (Å²) in [6, 6.07) is 9.18. The first-order chi connectivity index (χ1) is 11.2. The predicted octanol–water partition coefficient (Wildman–Crippen LogP) is 4.17. The number of fused-ring (bicyclic) bond motifs is 1. The number of benzene rings is 1. The van der Waals surface area contributed by atoms with Crippen LogP contribution in [-0.4, -0.2) is 28.1 Å². The number of aliphatic carboxylic acids is 1. The highest BCUT2D eigenvalue weighted by atomic mass is 16.4. The highest BCUT2D eigenvalue weighted by Gasteiger charge is 2.44. The van der Waals surface area contributed by atoms with Crippen molar-refractivity contribution in [2.75, 3.05) is 0 Å². The van der Waals surface area contributed by atoms with Crippen molar-refractivity contribution in [2.45, 2.75) is 75.9 Å². The maximum Gasteiger partial charge on any atom is 0.320 e. The zero-order valence-electron chi connectivity index (χ0n) is 13.8. The van der Waals surface area contributed by atoms with Crippen LogP contribution in [0.1, 0.15) is 68.4 Å². The molecule has 1 aliphatic heterocycles. The van der Waals surface area contributed by atoms with Crippen molar-refractivity contribution in [2.24, 2.45) is 5.92 Å². The summed E-state index contributed by atoms with van der Waals surface area (Å²) in [5.41, 5.74) is 2.73. The lowest BCUT2D eigenvalue weighted by molar-refractivity contribution is -0.142. The van der Waals surface area contributed by atoms with E-state index >= 15 is 0 Å². The van der Waals surface area contributed by atoms with Crippen molar-refractivity contribution < 1.29 is 9.90 Å². The number of hydrogen-bond acceptors (Lipinski definition) is 2. The van der Waals surface area contributed by atoms with E-state index in [9.17, 15) is 9.90 Å². The van der Waals surface area contributed by atoms with E-state index in [0.29, 0.717) is 12.0 Å². The summed E-state index contributed by atoms with van der Waals surface area (Å²) in [6.45, 7) is 0.795. The lowest BCUT2D eigenvalue weighted by Crippen LogP contribution is -2.41. The first-order valence-electron chi connectivity index (χ1n) is 9.30. The van der Waals surface area contributed by atoms with E-state index in [1.54, 1.807) is 0 Å². The summed E-state index contributed by atoms with van der Waals surface area (Å²) < 4.78 is 0. The van der Waals surface area contributed by atoms with Crippen LogP contribution >= 0.6 is 0 Å². The molecule has 1 N–H and O–H groups in total. The monoisotopic (exact) mass is 313 g/mol. The predicted molar refractivity (Wildman–Crippen MR) is 90.4 cm³/mol. The second kappa shape index (κ2) is 6.27. The molecule has 3 heteroatoms. The van der Waals surface area contributed by atoms with Crippen LogP contribution in [0.3, 0.4) is 0 Å². The molecule has 4 rings (SSSR count). The fourth-order valence-electron chi connectivity index (χ4n) is 4.87. The molecule has 23 heavy (non-hydrogen) atoms. The van der Waals surface area contributed by atoms with Crippen LogP contribution in [0.25, 0.3) is 0 Å². The quantitative estimate of drug-likeness (QED) is 0.907. The Balaban J connectivity index is 1.49. The molecule has 0 aromatic heterocycles. The highest BCUT2D eigenvalue weighted by molar-refractivity contribution is 5.74. The van der Waals surface area contributed by atoms with Gasteiger partial charge in [0.25, 0.3) is 0 Å². The van der Waals surface area contributed by atoms with Crippen molar-refractivity contribution in [1.29, 1.82) is 0 Å². The Hall–Kier alpha value is -1.35. The van der Waals surface area contributed by atoms with Crippen molar-refractivity contribution in [3.05, 3.63) is 35.4 Å². The van der Waals surface area contributed by atoms with Gasteiger partial charge in [-0.2, -0.15) is 0 Å². The normalized spacial score (nSPS) is 31.6. The number of nitrogens with zero attached hydrogens (tertiary/aromatic N) is 1. The summed E-state index contributed by atoms with van der Waals surface area (Å²) in [5, 5.41) is 9.62. The molecule has 3 aliphatic rings. The Labute approximate surface area is 138 Å². The van der Waals surface area contributed by atoms with Crippen molar-refractivity contribution >= 4 is 5.97 Å². The number of carboxylic acids is 1. The van der Waals surface area contributed by atoms with Crippen molar-refractivity contribution in [1.82, 2.24) is 4.90 Å². The van der Waals surface area contributed by atoms with Gasteiger partial charge in [0.15, 0.2) is 0 Å². The second-order valence-corrected chi connectivity index (χ2v) is 7.74. The molecule has 3 fully saturated rings. The molecule has 1 heterocycles. The fraction of sp³-hybridized carbons (Fsp3) is 0.650. The summed E-state index contributed by atoms with van der Waals surface area (Å²) >= 11 is 0. The van der Waals surface area contributed by atoms with E-state index in [1.165, 1.54) is 56.1 Å². The van der Waals surface area contributed by atoms with Gasteiger partial charge >= 0.3 is 5.97 Å². The standard InChI is InChI=1S/C20H27NO2/c22-20(23)19-12-17-4-1-2-7-18(17)21(19)13-14-8-10-16(11-9-14)15-5-3-6-15/h8-11,15,17-19H,1-7,12-13H2,(H,22,23). The van der Waals surface area contributed by atoms with Gasteiger partial charge in [-0.25, -0.2) is 0 Å². The zero-order chi connectivity index (χ0) is 15.8. The maximum atomic E-state index is 11.7. The van der Waals surface area contributed by atoms with Gasteiger partial charge in [-0.15, -0.1) is 0 Å². The largest absolute Gasteiger partial charge is 0.480 e. The van der Waals surface area contributed by atoms with E-state index in [0.717, 1.165) is 18.9 Å². The number of carboxylic acid groups (broad SMARTS) is 1. The number of likely N-dealkylation sites (tertiary alicyclic amines) is 1. The van der Waals surface area contributed by atoms with Crippen LogP contribution in [0.2, 0.25) is 0 Å². The molecule has 0 bridgehead atoms. The molecule has 1 aromatic rings. The van der Waals surface area contributed by atoms with Crippen molar-refractivity contribution in [3.63, 3.8) is 0 Å². The minimum atomic E-state index is -0.634. The van der Waals surface area contributed by atoms with E-state index in [-0.39, 0.29) is 6.04 Å². The lowest BCUT2D eigenvalue weighted by atomic mass is 9.80. The van der Waals surface area contributed by atoms with Crippen LogP contribution < -0.4 is 0 Å². The number of hydrogen-bond donors (Lipinski definition) is 1. The lowest BCUT2D eigenvalue weighted by Gasteiger charge is -2.33. The van der Waals surface area contributed by atoms with Gasteiger partial charge in [-0.1, -0.05) is 43.5 Å². The molecule has 1 aromatic carbocycles. The zero-order valence-corrected chi connectivity index (χ0v) is 13.8. The Morgan fingerprint density at radius 2 is 1.78 bits per heavy atom. The molecule has 3 atom stereocenters. The Kier molecular flexibility index (Phi) is 4.14. The summed E-state index contributed by atoms with van der Waals surface area (Å²) in [6.07, 6.45) is 9.79. The summed E-state index contributed by atoms with van der Waals surface area (Å²) in [7, 11) is 0. The Morgan fingerprint density at radius 3 is 2.43 bits per heavy atom. The van der Waals surface area contributed by atoms with E-state index in [1.807, 2.05) is 0 Å². The van der Waals surface area contributed by atoms with Crippen LogP contribution in [0.5, 0.6) is 0 Å². The van der Waals surface area contributed by atoms with Crippen LogP contribution in [0.4, 0.5) is 0 Å². The van der Waals surface area contributed by atoms with Crippen LogP contribution in [0, 0.1) is 5.92 Å². The van der Waals surface area contributed by atoms with Gasteiger partial charge in [-0.05, 0) is 55.1 Å². The molecule has 2 aliphatic carbocycles. The first-order valence-corrected chi connectivity index (χ1v) is 9.30. The number of rotatable bonds is 4. The average Bonchev–Trinajstić information content (AvgIpc) is 2.87. The summed E-state index contributed by atoms with van der Waals surface area (Å²) in [5.74, 6) is 0.731. The van der Waals surface area contributed by atoms with Gasteiger partial charge in [-0.3, -0.25) is 9.69 Å². The third-order valence-electron chi connectivity index (χ3n) is 6.43. The van der Waals surface area contributed by atoms with Crippen LogP contribution in [0.15, 0.2) is 24.3 Å². The smallest absolute Gasteiger partial charge is 0.320 e. The molecule has 0 spiro atoms. The minimum Gasteiger partial charge on any atom is -0.480 e. The SMILES string of the molecule is O=C(O)C1CC2CCCCC2N1Cc1ccc(C2CCC2)cc1. The molecule has 0 amide bonds. The average molecular weight is 313 g/mol. The summed E-state index contributed by atoms with van der Waals surface area (Å²) in [4.78, 5) is 14.0. The van der Waals surface area contributed by atoms with E-state index < -0.39 is 5.97 Å². The van der Waals surface area contributed by atoms with Gasteiger partial charge in [0.1, 0.15) is 6.04 Å². The molecule has 0 radical (unpaired) electrons. The molecular formula is C20H27NO2. The minimum absolute atomic E-state index is 0.283. The van der Waals surface area contributed by atoms with Crippen LogP contribution in [-0.2, 0) is 11.3 Å². The van der Waals surface area contributed by atoms with Gasteiger partial charge in [0.05, 0.1) is 0 Å². The maximum absolute atomic E-state index is 11.7. The van der Waals surface area contributed by atoms with Gasteiger partial charge < -0.3 is 5.11 Å². The molecule has 3 unspecified atom stereocenters. The van der Waals surface area contributed by atoms with E-state index in [4.69, 9.17) is 0 Å². The number of carbonyl (C=O) groups is 1. The third-order valence-corrected chi connectivity index (χ3v) is 6.43. The molecule has 1 saturated heterocycles. The van der Waals surface area contributed by atoms with Gasteiger partial charge in [0, 0.05) is 12.6 Å². The molecule has 3 nitrogen and oxygen atoms in total. The Morgan fingerprint density at radius 1 is 1.04 bits per heavy atom. The fourth-order valence-corrected chi connectivity index (χ4v) is 4.87. The second-order valence-electron chi connectivity index (χ2n) is 7.74. The highest BCUT2D eigenvalue weighted by Crippen LogP contribution is 2.41. The van der Waals surface area contributed by atoms with Gasteiger partial charge in [0.2, 0.25) is 0 Å². The molecule has 124 valence electrons. The molecular weight excluding hydrogens is 286 g/mol. The third kappa shape index (κ3) is 2.91.